The van der Waals surface area contributed by atoms with Crippen LogP contribution in [0.5, 0.6) is 5.75 Å². The van der Waals surface area contributed by atoms with Gasteiger partial charge in [-0.05, 0) is 34.1 Å². The Morgan fingerprint density at radius 2 is 2.00 bits per heavy atom. The van der Waals surface area contributed by atoms with E-state index in [-0.39, 0.29) is 5.75 Å². The standard InChI is InChI=1S/C18H11BrClN5O3/c1-27-18(26)28-11-5-12(20)15(22-8-11)9-2-3-13(21-6-9)17-24-14-4-10(19)7-23-16(14)25-17/h2-8H,1H3,(H,23,24,25). The molecule has 0 spiro atoms. The molecule has 28 heavy (non-hydrogen) atoms. The predicted octanol–water partition coefficient (Wildman–Crippen LogP) is 4.64. The topological polar surface area (TPSA) is 103 Å². The van der Waals surface area contributed by atoms with Gasteiger partial charge in [0, 0.05) is 28.5 Å². The van der Waals surface area contributed by atoms with Crippen molar-refractivity contribution >= 4 is 44.9 Å². The van der Waals surface area contributed by atoms with Crippen molar-refractivity contribution in [1.82, 2.24) is 24.9 Å². The number of carbonyl (C=O) groups is 1. The molecule has 0 saturated carbocycles. The first kappa shape index (κ1) is 18.3. The van der Waals surface area contributed by atoms with E-state index in [2.05, 4.69) is 45.6 Å². The number of ether oxygens (including phenoxy) is 2. The lowest BCUT2D eigenvalue weighted by Gasteiger charge is -2.07. The molecule has 140 valence electrons. The van der Waals surface area contributed by atoms with Gasteiger partial charge < -0.3 is 14.5 Å². The van der Waals surface area contributed by atoms with Gasteiger partial charge in [0.05, 0.1) is 29.5 Å². The second kappa shape index (κ2) is 7.53. The number of H-pyrrole nitrogens is 1. The molecule has 0 aliphatic heterocycles. The minimum atomic E-state index is -0.844. The number of fused-ring (bicyclic) bond motifs is 1. The highest BCUT2D eigenvalue weighted by atomic mass is 79.9. The number of hydrogen-bond donors (Lipinski definition) is 1. The SMILES string of the molecule is COC(=O)Oc1cnc(-c2ccc(-c3nc4ncc(Br)cc4[nH]3)nc2)c(Cl)c1. The molecular formula is C18H11BrClN5O3. The molecule has 0 unspecified atom stereocenters. The van der Waals surface area contributed by atoms with Gasteiger partial charge in [-0.15, -0.1) is 0 Å². The van der Waals surface area contributed by atoms with Crippen LogP contribution in [0.25, 0.3) is 33.9 Å². The molecule has 8 nitrogen and oxygen atoms in total. The molecule has 0 aliphatic rings. The quantitative estimate of drug-likeness (QED) is 0.444. The van der Waals surface area contributed by atoms with Crippen LogP contribution in [-0.4, -0.2) is 38.2 Å². The fourth-order valence-corrected chi connectivity index (χ4v) is 3.09. The molecule has 0 fully saturated rings. The van der Waals surface area contributed by atoms with Crippen LogP contribution in [0, 0.1) is 0 Å². The summed E-state index contributed by atoms with van der Waals surface area (Å²) in [7, 11) is 1.22. The summed E-state index contributed by atoms with van der Waals surface area (Å²) >= 11 is 9.64. The Hall–Kier alpha value is -3.04. The summed E-state index contributed by atoms with van der Waals surface area (Å²) in [5.74, 6) is 0.791. The van der Waals surface area contributed by atoms with Gasteiger partial charge in [-0.2, -0.15) is 0 Å². The smallest absolute Gasteiger partial charge is 0.437 e. The van der Waals surface area contributed by atoms with Gasteiger partial charge in [0.2, 0.25) is 0 Å². The molecule has 1 N–H and O–H groups in total. The van der Waals surface area contributed by atoms with Crippen molar-refractivity contribution < 1.29 is 14.3 Å². The van der Waals surface area contributed by atoms with Crippen LogP contribution in [-0.2, 0) is 4.74 Å². The number of aromatic nitrogens is 5. The second-order valence-electron chi connectivity index (χ2n) is 5.60. The third-order valence-corrected chi connectivity index (χ3v) is 4.49. The maximum Gasteiger partial charge on any atom is 0.513 e. The van der Waals surface area contributed by atoms with E-state index in [1.54, 1.807) is 18.5 Å². The molecule has 0 radical (unpaired) electrons. The molecule has 4 heterocycles. The number of imidazole rings is 1. The van der Waals surface area contributed by atoms with Gasteiger partial charge in [-0.1, -0.05) is 11.6 Å². The molecule has 0 aromatic carbocycles. The lowest BCUT2D eigenvalue weighted by Crippen LogP contribution is -2.07. The third-order valence-electron chi connectivity index (χ3n) is 3.77. The number of rotatable bonds is 3. The maximum absolute atomic E-state index is 11.2. The van der Waals surface area contributed by atoms with Crippen molar-refractivity contribution in [1.29, 1.82) is 0 Å². The Morgan fingerprint density at radius 1 is 1.14 bits per heavy atom. The summed E-state index contributed by atoms with van der Waals surface area (Å²) < 4.78 is 10.2. The van der Waals surface area contributed by atoms with E-state index in [1.165, 1.54) is 19.4 Å². The normalized spacial score (nSPS) is 10.8. The molecular weight excluding hydrogens is 450 g/mol. The summed E-state index contributed by atoms with van der Waals surface area (Å²) in [6.45, 7) is 0. The van der Waals surface area contributed by atoms with Crippen molar-refractivity contribution in [3.05, 3.63) is 52.4 Å². The summed E-state index contributed by atoms with van der Waals surface area (Å²) in [6, 6.07) is 7.01. The van der Waals surface area contributed by atoms with Gasteiger partial charge in [0.15, 0.2) is 17.2 Å². The average molecular weight is 461 g/mol. The zero-order valence-electron chi connectivity index (χ0n) is 14.3. The molecule has 4 rings (SSSR count). The summed E-state index contributed by atoms with van der Waals surface area (Å²) in [4.78, 5) is 31.7. The highest BCUT2D eigenvalue weighted by Gasteiger charge is 2.12. The van der Waals surface area contributed by atoms with Crippen LogP contribution < -0.4 is 4.74 Å². The summed E-state index contributed by atoms with van der Waals surface area (Å²) in [5.41, 5.74) is 3.28. The number of pyridine rings is 3. The zero-order valence-corrected chi connectivity index (χ0v) is 16.7. The van der Waals surface area contributed by atoms with Crippen molar-refractivity contribution in [3.8, 4) is 28.5 Å². The van der Waals surface area contributed by atoms with Crippen LogP contribution >= 0.6 is 27.5 Å². The Bertz CT molecular complexity index is 1180. The molecule has 0 bridgehead atoms. The van der Waals surface area contributed by atoms with Crippen LogP contribution in [0.4, 0.5) is 4.79 Å². The zero-order chi connectivity index (χ0) is 19.7. The predicted molar refractivity (Wildman–Crippen MR) is 106 cm³/mol. The van der Waals surface area contributed by atoms with E-state index >= 15 is 0 Å². The van der Waals surface area contributed by atoms with Gasteiger partial charge in [-0.3, -0.25) is 9.97 Å². The summed E-state index contributed by atoms with van der Waals surface area (Å²) in [5, 5.41) is 0.314. The Labute approximate surface area is 172 Å². The monoisotopic (exact) mass is 459 g/mol. The lowest BCUT2D eigenvalue weighted by atomic mass is 10.1. The highest BCUT2D eigenvalue weighted by Crippen LogP contribution is 2.29. The fourth-order valence-electron chi connectivity index (χ4n) is 2.50. The van der Waals surface area contributed by atoms with E-state index in [4.69, 9.17) is 16.3 Å². The summed E-state index contributed by atoms with van der Waals surface area (Å²) in [6.07, 6.45) is 3.87. The maximum atomic E-state index is 11.2. The number of hydrogen-bond acceptors (Lipinski definition) is 7. The van der Waals surface area contributed by atoms with E-state index in [0.29, 0.717) is 33.4 Å². The lowest BCUT2D eigenvalue weighted by molar-refractivity contribution is 0.121. The molecule has 0 aliphatic carbocycles. The third kappa shape index (κ3) is 3.67. The molecule has 10 heteroatoms. The van der Waals surface area contributed by atoms with E-state index in [0.717, 1.165) is 9.99 Å². The van der Waals surface area contributed by atoms with E-state index in [1.807, 2.05) is 12.1 Å². The molecule has 0 amide bonds. The van der Waals surface area contributed by atoms with Crippen LogP contribution in [0.15, 0.2) is 47.3 Å². The van der Waals surface area contributed by atoms with Gasteiger partial charge in [-0.25, -0.2) is 14.8 Å². The minimum absolute atomic E-state index is 0.186. The van der Waals surface area contributed by atoms with Crippen molar-refractivity contribution in [2.75, 3.05) is 7.11 Å². The highest BCUT2D eigenvalue weighted by molar-refractivity contribution is 9.10. The molecule has 0 atom stereocenters. The van der Waals surface area contributed by atoms with Gasteiger partial charge in [0.25, 0.3) is 0 Å². The number of carbonyl (C=O) groups excluding carboxylic acids is 1. The number of halogens is 2. The Kier molecular flexibility index (Phi) is 4.93. The second-order valence-corrected chi connectivity index (χ2v) is 6.92. The first-order valence-corrected chi connectivity index (χ1v) is 9.10. The Morgan fingerprint density at radius 3 is 2.71 bits per heavy atom. The number of nitrogens with zero attached hydrogens (tertiary/aromatic N) is 4. The van der Waals surface area contributed by atoms with Gasteiger partial charge >= 0.3 is 6.16 Å². The first-order valence-electron chi connectivity index (χ1n) is 7.93. The molecule has 0 saturated heterocycles. The first-order chi connectivity index (χ1) is 13.5. The molecule has 4 aromatic heterocycles. The van der Waals surface area contributed by atoms with Crippen molar-refractivity contribution in [2.24, 2.45) is 0 Å². The molecule has 4 aromatic rings. The van der Waals surface area contributed by atoms with Gasteiger partial charge in [0.1, 0.15) is 5.69 Å². The minimum Gasteiger partial charge on any atom is -0.437 e. The van der Waals surface area contributed by atoms with Crippen LogP contribution in [0.1, 0.15) is 0 Å². The van der Waals surface area contributed by atoms with Crippen molar-refractivity contribution in [2.45, 2.75) is 0 Å². The van der Waals surface area contributed by atoms with Crippen LogP contribution in [0.3, 0.4) is 0 Å². The van der Waals surface area contributed by atoms with Crippen molar-refractivity contribution in [3.63, 3.8) is 0 Å². The number of aromatic amines is 1. The fraction of sp³-hybridized carbons (Fsp3) is 0.0556. The number of methoxy groups -OCH3 is 1. The van der Waals surface area contributed by atoms with Crippen LogP contribution in [0.2, 0.25) is 5.02 Å². The average Bonchev–Trinajstić information content (AvgIpc) is 3.11. The number of nitrogens with one attached hydrogen (secondary N) is 1. The Balaban J connectivity index is 1.61. The van der Waals surface area contributed by atoms with E-state index < -0.39 is 6.16 Å². The van der Waals surface area contributed by atoms with E-state index in [9.17, 15) is 4.79 Å². The largest absolute Gasteiger partial charge is 0.513 e.